The van der Waals surface area contributed by atoms with Crippen LogP contribution in [-0.2, 0) is 9.47 Å². The number of benzene rings is 1. The monoisotopic (exact) mass is 435 g/mol. The topological polar surface area (TPSA) is 90.0 Å². The summed E-state index contributed by atoms with van der Waals surface area (Å²) in [6.07, 6.45) is 0.936. The molecule has 4 rings (SSSR count). The van der Waals surface area contributed by atoms with Crippen molar-refractivity contribution in [2.24, 2.45) is 0 Å². The summed E-state index contributed by atoms with van der Waals surface area (Å²) in [4.78, 5) is 30.0. The van der Waals surface area contributed by atoms with Crippen LogP contribution in [0.1, 0.15) is 16.8 Å². The molecule has 2 aliphatic heterocycles. The summed E-state index contributed by atoms with van der Waals surface area (Å²) in [7, 11) is 0. The predicted octanol–water partition coefficient (Wildman–Crippen LogP) is 2.80. The van der Waals surface area contributed by atoms with Crippen molar-refractivity contribution in [1.82, 2.24) is 10.3 Å². The summed E-state index contributed by atoms with van der Waals surface area (Å²) < 4.78 is 29.2. The maximum atomic E-state index is 13.1. The van der Waals surface area contributed by atoms with Gasteiger partial charge in [-0.15, -0.1) is 0 Å². The second kappa shape index (κ2) is 8.85. The average molecular weight is 436 g/mol. The molecule has 1 N–H and O–H groups in total. The molecule has 3 heterocycles. The number of carbonyl (C=O) groups is 2. The normalized spacial score (nSPS) is 20.9. The number of pyridine rings is 1. The zero-order chi connectivity index (χ0) is 21.1. The van der Waals surface area contributed by atoms with E-state index in [4.69, 9.17) is 25.8 Å². The van der Waals surface area contributed by atoms with Crippen molar-refractivity contribution in [3.05, 3.63) is 52.9 Å². The molecule has 0 radical (unpaired) electrons. The maximum Gasteiger partial charge on any atom is 0.414 e. The number of halogens is 2. The van der Waals surface area contributed by atoms with Crippen LogP contribution in [0.25, 0.3) is 0 Å². The van der Waals surface area contributed by atoms with Crippen LogP contribution in [0.4, 0.5) is 14.9 Å². The van der Waals surface area contributed by atoms with E-state index in [2.05, 4.69) is 10.3 Å². The summed E-state index contributed by atoms with van der Waals surface area (Å²) in [5.74, 6) is -0.546. The highest BCUT2D eigenvalue weighted by molar-refractivity contribution is 6.32. The molecule has 2 atom stereocenters. The number of ether oxygens (including phenoxy) is 3. The first kappa shape index (κ1) is 20.4. The molecule has 2 fully saturated rings. The fourth-order valence-corrected chi connectivity index (χ4v) is 3.38. The number of cyclic esters (lactones) is 1. The molecule has 2 saturated heterocycles. The molecule has 2 aromatic rings. The second-order valence-electron chi connectivity index (χ2n) is 6.92. The van der Waals surface area contributed by atoms with E-state index in [9.17, 15) is 14.0 Å². The molecule has 2 amide bonds. The number of hydrogen-bond acceptors (Lipinski definition) is 6. The van der Waals surface area contributed by atoms with E-state index in [1.54, 1.807) is 0 Å². The second-order valence-corrected chi connectivity index (χ2v) is 7.32. The molecular weight excluding hydrogens is 417 g/mol. The summed E-state index contributed by atoms with van der Waals surface area (Å²) in [5, 5.41) is 2.93. The van der Waals surface area contributed by atoms with E-state index < -0.39 is 23.9 Å². The van der Waals surface area contributed by atoms with Crippen LogP contribution < -0.4 is 15.0 Å². The molecule has 2 unspecified atom stereocenters. The first-order valence-corrected chi connectivity index (χ1v) is 9.79. The van der Waals surface area contributed by atoms with Gasteiger partial charge in [-0.1, -0.05) is 11.6 Å². The number of rotatable bonds is 6. The van der Waals surface area contributed by atoms with Crippen molar-refractivity contribution in [2.45, 2.75) is 18.6 Å². The minimum atomic E-state index is -0.553. The first-order valence-electron chi connectivity index (χ1n) is 9.41. The maximum absolute atomic E-state index is 13.1. The highest BCUT2D eigenvalue weighted by Crippen LogP contribution is 2.25. The van der Waals surface area contributed by atoms with Gasteiger partial charge in [-0.2, -0.15) is 0 Å². The van der Waals surface area contributed by atoms with Gasteiger partial charge in [-0.25, -0.2) is 14.2 Å². The Labute approximate surface area is 176 Å². The molecule has 1 aromatic heterocycles. The van der Waals surface area contributed by atoms with Crippen molar-refractivity contribution in [3.63, 3.8) is 0 Å². The Balaban J connectivity index is 1.31. The average Bonchev–Trinajstić information content (AvgIpc) is 3.38. The molecule has 0 bridgehead atoms. The first-order chi connectivity index (χ1) is 14.5. The van der Waals surface area contributed by atoms with Crippen LogP contribution >= 0.6 is 11.6 Å². The van der Waals surface area contributed by atoms with E-state index in [0.29, 0.717) is 18.9 Å². The molecule has 0 saturated carbocycles. The van der Waals surface area contributed by atoms with Crippen LogP contribution in [0.3, 0.4) is 0 Å². The largest absolute Gasteiger partial charge is 0.471 e. The van der Waals surface area contributed by atoms with Gasteiger partial charge in [0.15, 0.2) is 0 Å². The SMILES string of the molecule is O=C(NCC1CN(c2ccc(F)cc2)C(=O)O1)c1cnc(OC2CCOC2)c(Cl)c1. The standard InChI is InChI=1S/C20H19ClFN3O5/c21-17-7-12(8-24-19(17)29-15-5-6-28-11-15)18(26)23-9-16-10-25(20(27)30-16)14-3-1-13(22)2-4-14/h1-4,7-8,15-16H,5-6,9-11H2,(H,23,26). The van der Waals surface area contributed by atoms with Crippen LogP contribution in [0.15, 0.2) is 36.5 Å². The number of amides is 2. The Morgan fingerprint density at radius 2 is 2.17 bits per heavy atom. The van der Waals surface area contributed by atoms with Crippen molar-refractivity contribution in [1.29, 1.82) is 0 Å². The molecule has 30 heavy (non-hydrogen) atoms. The number of nitrogens with one attached hydrogen (secondary N) is 1. The quantitative estimate of drug-likeness (QED) is 0.750. The summed E-state index contributed by atoms with van der Waals surface area (Å²) in [6.45, 7) is 1.46. The van der Waals surface area contributed by atoms with Crippen molar-refractivity contribution in [2.75, 3.05) is 31.2 Å². The van der Waals surface area contributed by atoms with E-state index in [-0.39, 0.29) is 35.7 Å². The van der Waals surface area contributed by atoms with Gasteiger partial charge in [0.2, 0.25) is 5.88 Å². The predicted molar refractivity (Wildman–Crippen MR) is 105 cm³/mol. The van der Waals surface area contributed by atoms with Crippen molar-refractivity contribution in [3.8, 4) is 5.88 Å². The molecule has 158 valence electrons. The van der Waals surface area contributed by atoms with Crippen LogP contribution in [0.2, 0.25) is 5.02 Å². The molecule has 2 aliphatic rings. The van der Waals surface area contributed by atoms with E-state index in [1.807, 2.05) is 0 Å². The Bertz CT molecular complexity index is 937. The summed E-state index contributed by atoms with van der Waals surface area (Å²) >= 11 is 6.19. The molecule has 8 nitrogen and oxygen atoms in total. The molecule has 0 aliphatic carbocycles. The van der Waals surface area contributed by atoms with Gasteiger partial charge in [0, 0.05) is 18.3 Å². The molecule has 0 spiro atoms. The van der Waals surface area contributed by atoms with Gasteiger partial charge in [0.1, 0.15) is 23.0 Å². The third-order valence-corrected chi connectivity index (χ3v) is 5.01. The zero-order valence-corrected chi connectivity index (χ0v) is 16.6. The highest BCUT2D eigenvalue weighted by Gasteiger charge is 2.32. The van der Waals surface area contributed by atoms with E-state index >= 15 is 0 Å². The van der Waals surface area contributed by atoms with Gasteiger partial charge in [0.25, 0.3) is 5.91 Å². The van der Waals surface area contributed by atoms with Gasteiger partial charge in [0.05, 0.1) is 31.9 Å². The lowest BCUT2D eigenvalue weighted by molar-refractivity contribution is 0.0915. The third kappa shape index (κ3) is 4.63. The third-order valence-electron chi connectivity index (χ3n) is 4.74. The van der Waals surface area contributed by atoms with Gasteiger partial charge in [-0.05, 0) is 30.3 Å². The number of hydrogen-bond donors (Lipinski definition) is 1. The fraction of sp³-hybridized carbons (Fsp3) is 0.350. The lowest BCUT2D eigenvalue weighted by Crippen LogP contribution is -2.34. The van der Waals surface area contributed by atoms with Crippen LogP contribution in [0.5, 0.6) is 5.88 Å². The van der Waals surface area contributed by atoms with Gasteiger partial charge < -0.3 is 19.5 Å². The molecule has 10 heteroatoms. The Hall–Kier alpha value is -2.91. The number of aromatic nitrogens is 1. The lowest BCUT2D eigenvalue weighted by Gasteiger charge is -2.14. The number of carbonyl (C=O) groups excluding carboxylic acids is 2. The highest BCUT2D eigenvalue weighted by atomic mass is 35.5. The summed E-state index contributed by atoms with van der Waals surface area (Å²) in [5.41, 5.74) is 0.782. The Kier molecular flexibility index (Phi) is 6.01. The van der Waals surface area contributed by atoms with E-state index in [1.165, 1.54) is 41.4 Å². The zero-order valence-electron chi connectivity index (χ0n) is 15.8. The summed E-state index contributed by atoms with van der Waals surface area (Å²) in [6, 6.07) is 6.99. The fourth-order valence-electron chi connectivity index (χ4n) is 3.17. The Morgan fingerprint density at radius 3 is 2.87 bits per heavy atom. The van der Waals surface area contributed by atoms with Gasteiger partial charge in [-0.3, -0.25) is 9.69 Å². The minimum Gasteiger partial charge on any atom is -0.471 e. The molecular formula is C20H19ClFN3O5. The number of anilines is 1. The lowest BCUT2D eigenvalue weighted by atomic mass is 10.2. The van der Waals surface area contributed by atoms with Crippen molar-refractivity contribution >= 4 is 29.3 Å². The smallest absolute Gasteiger partial charge is 0.414 e. The Morgan fingerprint density at radius 1 is 1.37 bits per heavy atom. The number of nitrogens with zero attached hydrogens (tertiary/aromatic N) is 2. The van der Waals surface area contributed by atoms with Crippen LogP contribution in [-0.4, -0.2) is 55.5 Å². The molecule has 1 aromatic carbocycles. The van der Waals surface area contributed by atoms with E-state index in [0.717, 1.165) is 6.42 Å². The van der Waals surface area contributed by atoms with Gasteiger partial charge >= 0.3 is 6.09 Å². The minimum absolute atomic E-state index is 0.101. The van der Waals surface area contributed by atoms with Crippen molar-refractivity contribution < 1.29 is 28.2 Å². The van der Waals surface area contributed by atoms with Crippen LogP contribution in [0, 0.1) is 5.82 Å².